The predicted octanol–water partition coefficient (Wildman–Crippen LogP) is 2.01. The average Bonchev–Trinajstić information content (AvgIpc) is 3.17. The molecule has 1 aliphatic carbocycles. The summed E-state index contributed by atoms with van der Waals surface area (Å²) in [5.74, 6) is -1.51. The molecule has 0 heterocycles. The Hall–Kier alpha value is -1.95. The van der Waals surface area contributed by atoms with Crippen LogP contribution in [0.5, 0.6) is 0 Å². The van der Waals surface area contributed by atoms with Crippen LogP contribution in [0.4, 0.5) is 13.6 Å². The van der Waals surface area contributed by atoms with E-state index in [1.54, 1.807) is 6.08 Å². The van der Waals surface area contributed by atoms with Crippen molar-refractivity contribution < 1.29 is 18.7 Å². The molecule has 0 aliphatic heterocycles. The molecule has 6 heteroatoms. The highest BCUT2D eigenvalue weighted by Gasteiger charge is 2.43. The Morgan fingerprint density at radius 3 is 2.71 bits per heavy atom. The van der Waals surface area contributed by atoms with Gasteiger partial charge in [-0.3, -0.25) is 0 Å². The number of aliphatic hydroxyl groups excluding tert-OH is 1. The van der Waals surface area contributed by atoms with Gasteiger partial charge in [-0.25, -0.2) is 13.6 Å². The van der Waals surface area contributed by atoms with Gasteiger partial charge in [0.05, 0.1) is 6.61 Å². The van der Waals surface area contributed by atoms with E-state index in [0.29, 0.717) is 13.0 Å². The molecule has 0 bridgehead atoms. The minimum atomic E-state index is -0.588. The van der Waals surface area contributed by atoms with Crippen molar-refractivity contribution in [2.24, 2.45) is 0 Å². The standard InChI is InChI=1S/C15H18F2N2O2/c1-2-6-19(7-8-20)15(21)18-13-9-10(13)14-11(16)4-3-5-12(14)17/h2-5,10,13,20H,1,6-9H2,(H,18,21). The van der Waals surface area contributed by atoms with Crippen molar-refractivity contribution in [1.29, 1.82) is 0 Å². The molecule has 2 atom stereocenters. The van der Waals surface area contributed by atoms with Gasteiger partial charge in [0.25, 0.3) is 0 Å². The number of benzene rings is 1. The molecule has 2 rings (SSSR count). The number of nitrogens with one attached hydrogen (secondary N) is 1. The van der Waals surface area contributed by atoms with Gasteiger partial charge in [-0.1, -0.05) is 12.1 Å². The van der Waals surface area contributed by atoms with E-state index >= 15 is 0 Å². The topological polar surface area (TPSA) is 52.6 Å². The molecule has 2 amide bonds. The lowest BCUT2D eigenvalue weighted by Crippen LogP contribution is -2.42. The van der Waals surface area contributed by atoms with Crippen LogP contribution in [0.1, 0.15) is 17.9 Å². The number of aliphatic hydroxyl groups is 1. The molecule has 1 saturated carbocycles. The van der Waals surface area contributed by atoms with Gasteiger partial charge < -0.3 is 15.3 Å². The van der Waals surface area contributed by atoms with Gasteiger partial charge in [0, 0.05) is 30.6 Å². The van der Waals surface area contributed by atoms with Gasteiger partial charge in [0.15, 0.2) is 0 Å². The lowest BCUT2D eigenvalue weighted by atomic mass is 10.1. The Bertz CT molecular complexity index is 516. The van der Waals surface area contributed by atoms with Crippen LogP contribution >= 0.6 is 0 Å². The molecule has 2 N–H and O–H groups in total. The summed E-state index contributed by atoms with van der Waals surface area (Å²) in [6, 6.07) is 3.09. The van der Waals surface area contributed by atoms with Crippen molar-refractivity contribution in [1.82, 2.24) is 10.2 Å². The summed E-state index contributed by atoms with van der Waals surface area (Å²) >= 11 is 0. The molecule has 1 aliphatic rings. The average molecular weight is 296 g/mol. The molecule has 0 saturated heterocycles. The molecule has 0 spiro atoms. The summed E-state index contributed by atoms with van der Waals surface area (Å²) in [7, 11) is 0. The first-order valence-electron chi connectivity index (χ1n) is 6.79. The molecule has 2 unspecified atom stereocenters. The third-order valence-corrected chi connectivity index (χ3v) is 3.48. The van der Waals surface area contributed by atoms with Crippen LogP contribution in [0.2, 0.25) is 0 Å². The van der Waals surface area contributed by atoms with E-state index < -0.39 is 11.6 Å². The van der Waals surface area contributed by atoms with Crippen LogP contribution in [0.15, 0.2) is 30.9 Å². The van der Waals surface area contributed by atoms with E-state index in [4.69, 9.17) is 5.11 Å². The Morgan fingerprint density at radius 1 is 1.48 bits per heavy atom. The van der Waals surface area contributed by atoms with Crippen molar-refractivity contribution >= 4 is 6.03 Å². The van der Waals surface area contributed by atoms with Crippen molar-refractivity contribution in [2.45, 2.75) is 18.4 Å². The van der Waals surface area contributed by atoms with Gasteiger partial charge in [-0.15, -0.1) is 6.58 Å². The number of rotatable bonds is 6. The van der Waals surface area contributed by atoms with E-state index in [1.165, 1.54) is 23.1 Å². The van der Waals surface area contributed by atoms with Crippen LogP contribution in [-0.4, -0.2) is 41.8 Å². The van der Waals surface area contributed by atoms with Crippen LogP contribution < -0.4 is 5.32 Å². The van der Waals surface area contributed by atoms with Gasteiger partial charge in [0.2, 0.25) is 0 Å². The van der Waals surface area contributed by atoms with E-state index in [2.05, 4.69) is 11.9 Å². The fourth-order valence-corrected chi connectivity index (χ4v) is 2.34. The lowest BCUT2D eigenvalue weighted by molar-refractivity contribution is 0.183. The van der Waals surface area contributed by atoms with Crippen molar-refractivity contribution in [3.63, 3.8) is 0 Å². The molecule has 0 radical (unpaired) electrons. The second-order valence-electron chi connectivity index (χ2n) is 4.99. The van der Waals surface area contributed by atoms with E-state index in [0.717, 1.165) is 0 Å². The highest BCUT2D eigenvalue weighted by Crippen LogP contribution is 2.43. The van der Waals surface area contributed by atoms with Crippen molar-refractivity contribution in [3.8, 4) is 0 Å². The van der Waals surface area contributed by atoms with Crippen molar-refractivity contribution in [3.05, 3.63) is 48.1 Å². The number of hydrogen-bond donors (Lipinski definition) is 2. The summed E-state index contributed by atoms with van der Waals surface area (Å²) in [4.78, 5) is 13.4. The second kappa shape index (κ2) is 6.67. The molecule has 4 nitrogen and oxygen atoms in total. The first kappa shape index (κ1) is 15.4. The zero-order chi connectivity index (χ0) is 15.4. The van der Waals surface area contributed by atoms with Gasteiger partial charge in [-0.05, 0) is 18.6 Å². The first-order chi connectivity index (χ1) is 10.1. The lowest BCUT2D eigenvalue weighted by Gasteiger charge is -2.20. The number of halogens is 2. The normalized spacial score (nSPS) is 20.0. The van der Waals surface area contributed by atoms with E-state index in [-0.39, 0.29) is 36.7 Å². The van der Waals surface area contributed by atoms with Crippen LogP contribution in [-0.2, 0) is 0 Å². The first-order valence-corrected chi connectivity index (χ1v) is 6.79. The van der Waals surface area contributed by atoms with E-state index in [9.17, 15) is 13.6 Å². The third-order valence-electron chi connectivity index (χ3n) is 3.48. The summed E-state index contributed by atoms with van der Waals surface area (Å²) in [5, 5.41) is 11.6. The SMILES string of the molecule is C=CCN(CCO)C(=O)NC1CC1c1c(F)cccc1F. The minimum Gasteiger partial charge on any atom is -0.395 e. The Kier molecular flexibility index (Phi) is 4.90. The maximum absolute atomic E-state index is 13.6. The number of nitrogens with zero attached hydrogens (tertiary/aromatic N) is 1. The number of carbonyl (C=O) groups excluding carboxylic acids is 1. The Labute approximate surface area is 122 Å². The monoisotopic (exact) mass is 296 g/mol. The summed E-state index contributed by atoms with van der Waals surface area (Å²) < 4.78 is 27.3. The number of hydrogen-bond acceptors (Lipinski definition) is 2. The summed E-state index contributed by atoms with van der Waals surface area (Å²) in [6.45, 7) is 3.87. The molecular weight excluding hydrogens is 278 g/mol. The number of carbonyl (C=O) groups is 1. The molecular formula is C15H18F2N2O2. The van der Waals surface area contributed by atoms with Gasteiger partial charge in [-0.2, -0.15) is 0 Å². The van der Waals surface area contributed by atoms with E-state index in [1.807, 2.05) is 0 Å². The highest BCUT2D eigenvalue weighted by molar-refractivity contribution is 5.75. The third kappa shape index (κ3) is 3.58. The van der Waals surface area contributed by atoms with Crippen LogP contribution in [0.3, 0.4) is 0 Å². The minimum absolute atomic E-state index is 0.0280. The van der Waals surface area contributed by atoms with Gasteiger partial charge in [0.1, 0.15) is 11.6 Å². The molecule has 1 fully saturated rings. The molecule has 1 aromatic rings. The molecule has 21 heavy (non-hydrogen) atoms. The number of urea groups is 1. The number of amides is 2. The Balaban J connectivity index is 1.97. The fourth-order valence-electron chi connectivity index (χ4n) is 2.34. The maximum Gasteiger partial charge on any atom is 0.317 e. The maximum atomic E-state index is 13.6. The predicted molar refractivity (Wildman–Crippen MR) is 74.9 cm³/mol. The Morgan fingerprint density at radius 2 is 2.14 bits per heavy atom. The molecule has 0 aromatic heterocycles. The quantitative estimate of drug-likeness (QED) is 0.789. The second-order valence-corrected chi connectivity index (χ2v) is 4.99. The fraction of sp³-hybridized carbons (Fsp3) is 0.400. The zero-order valence-corrected chi connectivity index (χ0v) is 11.6. The largest absolute Gasteiger partial charge is 0.395 e. The van der Waals surface area contributed by atoms with Crippen LogP contribution in [0, 0.1) is 11.6 Å². The van der Waals surface area contributed by atoms with Gasteiger partial charge >= 0.3 is 6.03 Å². The van der Waals surface area contributed by atoms with Crippen molar-refractivity contribution in [2.75, 3.05) is 19.7 Å². The van der Waals surface area contributed by atoms with Crippen LogP contribution in [0.25, 0.3) is 0 Å². The summed E-state index contributed by atoms with van der Waals surface area (Å²) in [5.41, 5.74) is 0.0280. The molecule has 114 valence electrons. The molecule has 1 aromatic carbocycles. The zero-order valence-electron chi connectivity index (χ0n) is 11.6. The smallest absolute Gasteiger partial charge is 0.317 e. The highest BCUT2D eigenvalue weighted by atomic mass is 19.1. The summed E-state index contributed by atoms with van der Waals surface area (Å²) in [6.07, 6.45) is 2.06.